The van der Waals surface area contributed by atoms with Crippen LogP contribution in [0.4, 0.5) is 0 Å². The molecule has 0 atom stereocenters. The maximum absolute atomic E-state index is 12.4. The van der Waals surface area contributed by atoms with Gasteiger partial charge in [-0.1, -0.05) is 24.3 Å². The van der Waals surface area contributed by atoms with Crippen molar-refractivity contribution in [3.05, 3.63) is 66.1 Å². The van der Waals surface area contributed by atoms with Crippen LogP contribution in [0.5, 0.6) is 0 Å². The fraction of sp³-hybridized carbons (Fsp3) is 0.176. The van der Waals surface area contributed by atoms with Gasteiger partial charge in [-0.25, -0.2) is 17.7 Å². The van der Waals surface area contributed by atoms with Crippen LogP contribution in [-0.4, -0.2) is 42.1 Å². The highest BCUT2D eigenvalue weighted by molar-refractivity contribution is 7.89. The highest BCUT2D eigenvalue weighted by Gasteiger charge is 2.21. The molecule has 0 saturated heterocycles. The summed E-state index contributed by atoms with van der Waals surface area (Å²) >= 11 is 0. The molecule has 0 aliphatic rings. The Morgan fingerprint density at radius 1 is 1.16 bits per heavy atom. The van der Waals surface area contributed by atoms with Crippen LogP contribution in [0.25, 0.3) is 5.65 Å². The predicted molar refractivity (Wildman–Crippen MR) is 93.7 cm³/mol. The lowest BCUT2D eigenvalue weighted by atomic mass is 10.2. The number of carbonyl (C=O) groups is 1. The Kier molecular flexibility index (Phi) is 4.56. The number of imidazole rings is 1. The summed E-state index contributed by atoms with van der Waals surface area (Å²) in [6, 6.07) is 12.1. The van der Waals surface area contributed by atoms with E-state index in [9.17, 15) is 13.2 Å². The lowest BCUT2D eigenvalue weighted by Crippen LogP contribution is -2.27. The number of fused-ring (bicyclic) bond motifs is 1. The standard InChI is InChI=1S/C17H18N4O3S/c1-20(2)25(23,24)15-8-4-3-7-13(15)11-18-17(22)14-12-21-10-6-5-9-16(21)19-14/h3-10,12H,11H2,1-2H3,(H,18,22). The Labute approximate surface area is 146 Å². The van der Waals surface area contributed by atoms with Crippen molar-refractivity contribution in [3.8, 4) is 0 Å². The normalized spacial score (nSPS) is 11.8. The minimum atomic E-state index is -3.58. The molecule has 3 rings (SSSR count). The first-order valence-electron chi connectivity index (χ1n) is 7.62. The second-order valence-electron chi connectivity index (χ2n) is 5.67. The van der Waals surface area contributed by atoms with Gasteiger partial charge in [0.2, 0.25) is 10.0 Å². The van der Waals surface area contributed by atoms with Crippen molar-refractivity contribution in [2.24, 2.45) is 0 Å². The second-order valence-corrected chi connectivity index (χ2v) is 7.79. The van der Waals surface area contributed by atoms with Gasteiger partial charge in [0.25, 0.3) is 5.91 Å². The van der Waals surface area contributed by atoms with E-state index in [4.69, 9.17) is 0 Å². The molecule has 0 radical (unpaired) electrons. The number of nitrogens with one attached hydrogen (secondary N) is 1. The Hall–Kier alpha value is -2.71. The zero-order valence-electron chi connectivity index (χ0n) is 13.9. The number of sulfonamides is 1. The summed E-state index contributed by atoms with van der Waals surface area (Å²) in [7, 11) is -0.631. The molecule has 1 N–H and O–H groups in total. The molecule has 3 aromatic rings. The lowest BCUT2D eigenvalue weighted by Gasteiger charge is -2.15. The third kappa shape index (κ3) is 3.40. The summed E-state index contributed by atoms with van der Waals surface area (Å²) in [5, 5.41) is 2.73. The van der Waals surface area contributed by atoms with Gasteiger partial charge in [0.1, 0.15) is 11.3 Å². The molecular weight excluding hydrogens is 340 g/mol. The van der Waals surface area contributed by atoms with Crippen LogP contribution in [0.2, 0.25) is 0 Å². The molecule has 0 unspecified atom stereocenters. The first-order chi connectivity index (χ1) is 11.9. The van der Waals surface area contributed by atoms with Crippen molar-refractivity contribution < 1.29 is 13.2 Å². The van der Waals surface area contributed by atoms with E-state index in [1.165, 1.54) is 20.2 Å². The molecule has 2 aromatic heterocycles. The summed E-state index contributed by atoms with van der Waals surface area (Å²) in [4.78, 5) is 16.8. The quantitative estimate of drug-likeness (QED) is 0.749. The van der Waals surface area contributed by atoms with Crippen LogP contribution in [-0.2, 0) is 16.6 Å². The zero-order chi connectivity index (χ0) is 18.0. The molecule has 1 aromatic carbocycles. The molecule has 2 heterocycles. The van der Waals surface area contributed by atoms with Crippen molar-refractivity contribution in [2.45, 2.75) is 11.4 Å². The van der Waals surface area contributed by atoms with E-state index < -0.39 is 10.0 Å². The molecule has 1 amide bonds. The maximum atomic E-state index is 12.4. The van der Waals surface area contributed by atoms with Crippen molar-refractivity contribution in [1.29, 1.82) is 0 Å². The van der Waals surface area contributed by atoms with E-state index >= 15 is 0 Å². The Morgan fingerprint density at radius 3 is 2.60 bits per heavy atom. The van der Waals surface area contributed by atoms with Crippen LogP contribution >= 0.6 is 0 Å². The number of hydrogen-bond donors (Lipinski definition) is 1. The summed E-state index contributed by atoms with van der Waals surface area (Å²) in [6.45, 7) is 0.0932. The molecule has 0 aliphatic carbocycles. The molecule has 8 heteroatoms. The number of rotatable bonds is 5. The van der Waals surface area contributed by atoms with Crippen molar-refractivity contribution >= 4 is 21.6 Å². The van der Waals surface area contributed by atoms with Gasteiger partial charge in [0.15, 0.2) is 0 Å². The fourth-order valence-electron chi connectivity index (χ4n) is 2.41. The number of hydrogen-bond acceptors (Lipinski definition) is 4. The molecule has 130 valence electrons. The van der Waals surface area contributed by atoms with E-state index in [2.05, 4.69) is 10.3 Å². The summed E-state index contributed by atoms with van der Waals surface area (Å²) in [5.41, 5.74) is 1.47. The van der Waals surface area contributed by atoms with Gasteiger partial charge in [0.05, 0.1) is 4.90 Å². The van der Waals surface area contributed by atoms with Gasteiger partial charge in [-0.15, -0.1) is 0 Å². The van der Waals surface area contributed by atoms with Gasteiger partial charge in [-0.3, -0.25) is 4.79 Å². The topological polar surface area (TPSA) is 83.8 Å². The summed E-state index contributed by atoms with van der Waals surface area (Å²) in [6.07, 6.45) is 3.44. The average Bonchev–Trinajstić information content (AvgIpc) is 3.04. The second kappa shape index (κ2) is 6.66. The zero-order valence-corrected chi connectivity index (χ0v) is 14.7. The first-order valence-corrected chi connectivity index (χ1v) is 9.06. The Morgan fingerprint density at radius 2 is 1.88 bits per heavy atom. The highest BCUT2D eigenvalue weighted by atomic mass is 32.2. The third-order valence-electron chi connectivity index (χ3n) is 3.77. The molecule has 0 fully saturated rings. The predicted octanol–water partition coefficient (Wildman–Crippen LogP) is 1.51. The van der Waals surface area contributed by atoms with Gasteiger partial charge in [-0.05, 0) is 23.8 Å². The number of carbonyl (C=O) groups excluding carboxylic acids is 1. The minimum absolute atomic E-state index is 0.0932. The maximum Gasteiger partial charge on any atom is 0.271 e. The van der Waals surface area contributed by atoms with Crippen molar-refractivity contribution in [2.75, 3.05) is 14.1 Å². The lowest BCUT2D eigenvalue weighted by molar-refractivity contribution is 0.0946. The Balaban J connectivity index is 1.81. The summed E-state index contributed by atoms with van der Waals surface area (Å²) < 4.78 is 27.7. The number of pyridine rings is 1. The minimum Gasteiger partial charge on any atom is -0.347 e. The fourth-order valence-corrected chi connectivity index (χ4v) is 3.52. The van der Waals surface area contributed by atoms with Crippen LogP contribution in [0.3, 0.4) is 0 Å². The van der Waals surface area contributed by atoms with Crippen LogP contribution in [0.1, 0.15) is 16.1 Å². The van der Waals surface area contributed by atoms with Crippen LogP contribution in [0.15, 0.2) is 59.8 Å². The van der Waals surface area contributed by atoms with E-state index in [1.54, 1.807) is 41.1 Å². The molecule has 0 aliphatic heterocycles. The number of benzene rings is 1. The van der Waals surface area contributed by atoms with E-state index in [0.29, 0.717) is 11.2 Å². The van der Waals surface area contributed by atoms with E-state index in [1.807, 2.05) is 12.1 Å². The van der Waals surface area contributed by atoms with Gasteiger partial charge < -0.3 is 9.72 Å². The largest absolute Gasteiger partial charge is 0.347 e. The number of aromatic nitrogens is 2. The average molecular weight is 358 g/mol. The Bertz CT molecular complexity index is 992. The van der Waals surface area contributed by atoms with E-state index in [0.717, 1.165) is 4.31 Å². The molecule has 7 nitrogen and oxygen atoms in total. The molecular formula is C17H18N4O3S. The summed E-state index contributed by atoms with van der Waals surface area (Å²) in [5.74, 6) is -0.360. The third-order valence-corrected chi connectivity index (χ3v) is 5.68. The van der Waals surface area contributed by atoms with Gasteiger partial charge >= 0.3 is 0 Å². The van der Waals surface area contributed by atoms with E-state index in [-0.39, 0.29) is 23.0 Å². The smallest absolute Gasteiger partial charge is 0.271 e. The number of nitrogens with zero attached hydrogens (tertiary/aromatic N) is 3. The van der Waals surface area contributed by atoms with Gasteiger partial charge in [0, 0.05) is 33.0 Å². The molecule has 25 heavy (non-hydrogen) atoms. The molecule has 0 saturated carbocycles. The first kappa shape index (κ1) is 17.1. The monoisotopic (exact) mass is 358 g/mol. The van der Waals surface area contributed by atoms with Crippen LogP contribution in [0, 0.1) is 0 Å². The van der Waals surface area contributed by atoms with Crippen molar-refractivity contribution in [1.82, 2.24) is 19.0 Å². The molecule has 0 spiro atoms. The number of amides is 1. The van der Waals surface area contributed by atoms with Crippen LogP contribution < -0.4 is 5.32 Å². The van der Waals surface area contributed by atoms with Gasteiger partial charge in [-0.2, -0.15) is 0 Å². The molecule has 0 bridgehead atoms. The SMILES string of the molecule is CN(C)S(=O)(=O)c1ccccc1CNC(=O)c1cn2ccccc2n1. The van der Waals surface area contributed by atoms with Crippen molar-refractivity contribution in [3.63, 3.8) is 0 Å². The highest BCUT2D eigenvalue weighted by Crippen LogP contribution is 2.18.